The summed E-state index contributed by atoms with van der Waals surface area (Å²) >= 11 is 0. The molecule has 3 heteroatoms. The molecule has 0 aromatic heterocycles. The highest BCUT2D eigenvalue weighted by Crippen LogP contribution is 2.13. The molecular formula is C17H26N2O. The van der Waals surface area contributed by atoms with Crippen molar-refractivity contribution in [2.75, 3.05) is 19.7 Å². The van der Waals surface area contributed by atoms with Crippen LogP contribution in [0.25, 0.3) is 0 Å². The Morgan fingerprint density at radius 3 is 2.30 bits per heavy atom. The molecule has 0 N–H and O–H groups in total. The first-order chi connectivity index (χ1) is 9.52. The van der Waals surface area contributed by atoms with E-state index < -0.39 is 0 Å². The van der Waals surface area contributed by atoms with Crippen LogP contribution in [0, 0.1) is 17.2 Å². The molecule has 20 heavy (non-hydrogen) atoms. The number of benzene rings is 1. The van der Waals surface area contributed by atoms with E-state index >= 15 is 0 Å². The second kappa shape index (κ2) is 8.60. The van der Waals surface area contributed by atoms with Gasteiger partial charge in [-0.25, -0.2) is 0 Å². The van der Waals surface area contributed by atoms with Gasteiger partial charge in [0.15, 0.2) is 0 Å². The van der Waals surface area contributed by atoms with E-state index in [2.05, 4.69) is 38.7 Å². The Labute approximate surface area is 123 Å². The van der Waals surface area contributed by atoms with Crippen LogP contribution in [0.5, 0.6) is 5.75 Å². The predicted octanol–water partition coefficient (Wildman–Crippen LogP) is 3.50. The zero-order chi connectivity index (χ0) is 15.0. The molecule has 1 aromatic carbocycles. The molecule has 0 radical (unpaired) electrons. The molecule has 0 aliphatic rings. The second-order valence-corrected chi connectivity index (χ2v) is 5.81. The fourth-order valence-electron chi connectivity index (χ4n) is 2.10. The van der Waals surface area contributed by atoms with E-state index in [1.54, 1.807) is 0 Å². The quantitative estimate of drug-likeness (QED) is 0.728. The van der Waals surface area contributed by atoms with Gasteiger partial charge in [0.25, 0.3) is 0 Å². The van der Waals surface area contributed by atoms with E-state index in [0.29, 0.717) is 25.0 Å². The van der Waals surface area contributed by atoms with Crippen LogP contribution in [0.1, 0.15) is 33.3 Å². The summed E-state index contributed by atoms with van der Waals surface area (Å²) in [7, 11) is 0. The topological polar surface area (TPSA) is 36.3 Å². The van der Waals surface area contributed by atoms with Crippen molar-refractivity contribution in [2.45, 2.75) is 40.2 Å². The van der Waals surface area contributed by atoms with Gasteiger partial charge in [0.1, 0.15) is 12.4 Å². The fourth-order valence-corrected chi connectivity index (χ4v) is 2.10. The van der Waals surface area contributed by atoms with Crippen LogP contribution in [0.15, 0.2) is 24.3 Å². The number of rotatable bonds is 8. The molecule has 3 nitrogen and oxygen atoms in total. The lowest BCUT2D eigenvalue weighted by Crippen LogP contribution is -2.37. The van der Waals surface area contributed by atoms with Gasteiger partial charge >= 0.3 is 0 Å². The molecule has 0 fully saturated rings. The predicted molar refractivity (Wildman–Crippen MR) is 82.8 cm³/mol. The van der Waals surface area contributed by atoms with Gasteiger partial charge in [0.2, 0.25) is 0 Å². The molecule has 0 amide bonds. The molecule has 0 aliphatic heterocycles. The summed E-state index contributed by atoms with van der Waals surface area (Å²) in [6.07, 6.45) is 0.454. The van der Waals surface area contributed by atoms with Crippen molar-refractivity contribution in [3.63, 3.8) is 0 Å². The van der Waals surface area contributed by atoms with Crippen molar-refractivity contribution in [1.82, 2.24) is 4.90 Å². The van der Waals surface area contributed by atoms with E-state index in [1.165, 1.54) is 0 Å². The van der Waals surface area contributed by atoms with Crippen molar-refractivity contribution in [3.05, 3.63) is 29.8 Å². The van der Waals surface area contributed by atoms with E-state index in [1.807, 2.05) is 24.3 Å². The monoisotopic (exact) mass is 274 g/mol. The highest BCUT2D eigenvalue weighted by Gasteiger charge is 2.10. The Morgan fingerprint density at radius 2 is 1.80 bits per heavy atom. The Hall–Kier alpha value is -1.53. The maximum atomic E-state index is 8.63. The minimum Gasteiger partial charge on any atom is -0.492 e. The summed E-state index contributed by atoms with van der Waals surface area (Å²) < 4.78 is 5.78. The van der Waals surface area contributed by atoms with Gasteiger partial charge in [-0.1, -0.05) is 26.0 Å². The Kier molecular flexibility index (Phi) is 7.11. The number of nitrogens with zero attached hydrogens (tertiary/aromatic N) is 2. The first-order valence-corrected chi connectivity index (χ1v) is 7.35. The summed E-state index contributed by atoms with van der Waals surface area (Å²) in [6, 6.07) is 10.5. The number of ether oxygens (including phenoxy) is 1. The van der Waals surface area contributed by atoms with Gasteiger partial charge in [-0.15, -0.1) is 0 Å². The van der Waals surface area contributed by atoms with E-state index in [0.717, 1.165) is 24.4 Å². The maximum absolute atomic E-state index is 8.63. The van der Waals surface area contributed by atoms with Crippen molar-refractivity contribution < 1.29 is 4.74 Å². The van der Waals surface area contributed by atoms with Gasteiger partial charge in [-0.3, -0.25) is 4.90 Å². The summed E-state index contributed by atoms with van der Waals surface area (Å²) in [5.74, 6) is 1.54. The SMILES string of the molecule is CC(C)CN(CCOc1ccc(CC#N)cc1)C(C)C. The standard InChI is InChI=1S/C17H26N2O/c1-14(2)13-19(15(3)4)11-12-20-17-7-5-16(6-8-17)9-10-18/h5-8,14-15H,9,11-13H2,1-4H3. The molecule has 1 aromatic rings. The van der Waals surface area contributed by atoms with Crippen LogP contribution in [-0.4, -0.2) is 30.6 Å². The zero-order valence-corrected chi connectivity index (χ0v) is 13.1. The van der Waals surface area contributed by atoms with Gasteiger partial charge < -0.3 is 4.74 Å². The lowest BCUT2D eigenvalue weighted by atomic mass is 10.1. The summed E-state index contributed by atoms with van der Waals surface area (Å²) in [4.78, 5) is 2.44. The van der Waals surface area contributed by atoms with Crippen LogP contribution in [0.3, 0.4) is 0 Å². The van der Waals surface area contributed by atoms with Crippen LogP contribution < -0.4 is 4.74 Å². The molecule has 0 unspecified atom stereocenters. The Balaban J connectivity index is 2.40. The molecule has 0 heterocycles. The summed E-state index contributed by atoms with van der Waals surface area (Å²) in [6.45, 7) is 11.7. The molecule has 0 atom stereocenters. The molecule has 1 rings (SSSR count). The average molecular weight is 274 g/mol. The zero-order valence-electron chi connectivity index (χ0n) is 13.1. The molecule has 110 valence electrons. The molecule has 0 saturated heterocycles. The largest absolute Gasteiger partial charge is 0.492 e. The molecule has 0 spiro atoms. The average Bonchev–Trinajstić information content (AvgIpc) is 2.39. The normalized spacial score (nSPS) is 11.1. The Bertz CT molecular complexity index is 418. The van der Waals surface area contributed by atoms with E-state index in [-0.39, 0.29) is 0 Å². The van der Waals surface area contributed by atoms with Crippen molar-refractivity contribution in [2.24, 2.45) is 5.92 Å². The lowest BCUT2D eigenvalue weighted by Gasteiger charge is -2.28. The molecule has 0 bridgehead atoms. The van der Waals surface area contributed by atoms with Gasteiger partial charge in [0.05, 0.1) is 12.5 Å². The lowest BCUT2D eigenvalue weighted by molar-refractivity contribution is 0.160. The van der Waals surface area contributed by atoms with E-state index in [4.69, 9.17) is 10.00 Å². The minimum absolute atomic E-state index is 0.454. The van der Waals surface area contributed by atoms with Crippen molar-refractivity contribution in [1.29, 1.82) is 5.26 Å². The highest BCUT2D eigenvalue weighted by atomic mass is 16.5. The third-order valence-electron chi connectivity index (χ3n) is 3.18. The first kappa shape index (κ1) is 16.5. The number of hydrogen-bond acceptors (Lipinski definition) is 3. The summed E-state index contributed by atoms with van der Waals surface area (Å²) in [5, 5.41) is 8.63. The van der Waals surface area contributed by atoms with Crippen molar-refractivity contribution >= 4 is 0 Å². The van der Waals surface area contributed by atoms with Gasteiger partial charge in [-0.2, -0.15) is 5.26 Å². The molecule has 0 aliphatic carbocycles. The summed E-state index contributed by atoms with van der Waals surface area (Å²) in [5.41, 5.74) is 1.03. The third-order valence-corrected chi connectivity index (χ3v) is 3.18. The number of hydrogen-bond donors (Lipinski definition) is 0. The molecule has 0 saturated carbocycles. The van der Waals surface area contributed by atoms with E-state index in [9.17, 15) is 0 Å². The highest BCUT2D eigenvalue weighted by molar-refractivity contribution is 5.28. The minimum atomic E-state index is 0.454. The van der Waals surface area contributed by atoms with Crippen LogP contribution in [-0.2, 0) is 6.42 Å². The smallest absolute Gasteiger partial charge is 0.119 e. The number of nitriles is 1. The van der Waals surface area contributed by atoms with Gasteiger partial charge in [-0.05, 0) is 37.5 Å². The third kappa shape index (κ3) is 6.08. The van der Waals surface area contributed by atoms with Crippen LogP contribution >= 0.6 is 0 Å². The fraction of sp³-hybridized carbons (Fsp3) is 0.588. The van der Waals surface area contributed by atoms with Crippen LogP contribution in [0.2, 0.25) is 0 Å². The molecular weight excluding hydrogens is 248 g/mol. The first-order valence-electron chi connectivity index (χ1n) is 7.35. The van der Waals surface area contributed by atoms with Crippen LogP contribution in [0.4, 0.5) is 0 Å². The Morgan fingerprint density at radius 1 is 1.15 bits per heavy atom. The maximum Gasteiger partial charge on any atom is 0.119 e. The van der Waals surface area contributed by atoms with Gasteiger partial charge in [0, 0.05) is 19.1 Å². The van der Waals surface area contributed by atoms with Crippen molar-refractivity contribution in [3.8, 4) is 11.8 Å². The second-order valence-electron chi connectivity index (χ2n) is 5.81.